The molecule has 0 saturated heterocycles. The predicted molar refractivity (Wildman–Crippen MR) is 69.2 cm³/mol. The summed E-state index contributed by atoms with van der Waals surface area (Å²) in [5.74, 6) is 0.533. The average Bonchev–Trinajstić information content (AvgIpc) is 2.60. The van der Waals surface area contributed by atoms with Crippen LogP contribution >= 0.6 is 0 Å². The molecule has 1 aromatic carbocycles. The third-order valence-electron chi connectivity index (χ3n) is 2.73. The van der Waals surface area contributed by atoms with Crippen molar-refractivity contribution in [3.8, 4) is 5.69 Å². The third-order valence-corrected chi connectivity index (χ3v) is 2.73. The topological polar surface area (TPSA) is 56.7 Å². The number of nitrogen functional groups attached to an aromatic ring is 1. The van der Waals surface area contributed by atoms with Gasteiger partial charge in [0.05, 0.1) is 11.4 Å². The highest BCUT2D eigenvalue weighted by molar-refractivity contribution is 5.44. The molecule has 0 aliphatic carbocycles. The standard InChI is InChI=1S/C13H18N4/c1-4-5-12-13(14)15-16-17(12)11-7-9(2)6-10(3)8-11/h6-8H,4-5,14H2,1-3H3. The molecule has 0 unspecified atom stereocenters. The van der Waals surface area contributed by atoms with Crippen molar-refractivity contribution < 1.29 is 0 Å². The van der Waals surface area contributed by atoms with Crippen LogP contribution in [-0.4, -0.2) is 15.0 Å². The van der Waals surface area contributed by atoms with Crippen molar-refractivity contribution >= 4 is 5.82 Å². The summed E-state index contributed by atoms with van der Waals surface area (Å²) in [4.78, 5) is 0. The van der Waals surface area contributed by atoms with Crippen LogP contribution in [0.5, 0.6) is 0 Å². The molecule has 0 bridgehead atoms. The molecule has 0 saturated carbocycles. The van der Waals surface area contributed by atoms with E-state index in [0.717, 1.165) is 24.2 Å². The van der Waals surface area contributed by atoms with Crippen molar-refractivity contribution in [1.29, 1.82) is 0 Å². The van der Waals surface area contributed by atoms with Gasteiger partial charge in [-0.15, -0.1) is 5.10 Å². The Hall–Kier alpha value is -1.84. The first-order chi connectivity index (χ1) is 8.11. The number of rotatable bonds is 3. The molecule has 4 heteroatoms. The van der Waals surface area contributed by atoms with E-state index in [2.05, 4.69) is 49.3 Å². The normalized spacial score (nSPS) is 10.8. The Balaban J connectivity index is 2.52. The Morgan fingerprint density at radius 3 is 2.41 bits per heavy atom. The molecule has 17 heavy (non-hydrogen) atoms. The lowest BCUT2D eigenvalue weighted by Gasteiger charge is -2.08. The lowest BCUT2D eigenvalue weighted by molar-refractivity contribution is 0.744. The number of aryl methyl sites for hydroxylation is 2. The molecule has 0 radical (unpaired) electrons. The van der Waals surface area contributed by atoms with E-state index in [0.29, 0.717) is 5.82 Å². The summed E-state index contributed by atoms with van der Waals surface area (Å²) in [6, 6.07) is 6.34. The summed E-state index contributed by atoms with van der Waals surface area (Å²) in [5, 5.41) is 8.09. The molecule has 2 N–H and O–H groups in total. The summed E-state index contributed by atoms with van der Waals surface area (Å²) in [5.41, 5.74) is 10.3. The van der Waals surface area contributed by atoms with Gasteiger partial charge in [0.25, 0.3) is 0 Å². The van der Waals surface area contributed by atoms with Gasteiger partial charge in [0.15, 0.2) is 5.82 Å². The zero-order valence-corrected chi connectivity index (χ0v) is 10.6. The van der Waals surface area contributed by atoms with E-state index in [1.165, 1.54) is 11.1 Å². The molecule has 0 spiro atoms. The first-order valence-corrected chi connectivity index (χ1v) is 5.90. The van der Waals surface area contributed by atoms with Gasteiger partial charge >= 0.3 is 0 Å². The second-order valence-corrected chi connectivity index (χ2v) is 4.43. The van der Waals surface area contributed by atoms with Crippen LogP contribution in [0.3, 0.4) is 0 Å². The number of aromatic nitrogens is 3. The fourth-order valence-electron chi connectivity index (χ4n) is 2.06. The number of hydrogen-bond acceptors (Lipinski definition) is 3. The molecule has 2 aromatic rings. The fraction of sp³-hybridized carbons (Fsp3) is 0.385. The minimum Gasteiger partial charge on any atom is -0.381 e. The Morgan fingerprint density at radius 1 is 1.18 bits per heavy atom. The molecule has 1 aromatic heterocycles. The van der Waals surface area contributed by atoms with Gasteiger partial charge in [-0.2, -0.15) is 0 Å². The number of benzene rings is 1. The number of anilines is 1. The highest BCUT2D eigenvalue weighted by Gasteiger charge is 2.11. The van der Waals surface area contributed by atoms with Crippen LogP contribution < -0.4 is 5.73 Å². The Morgan fingerprint density at radius 2 is 1.82 bits per heavy atom. The second kappa shape index (κ2) is 4.57. The first kappa shape index (κ1) is 11.6. The van der Waals surface area contributed by atoms with Gasteiger partial charge < -0.3 is 5.73 Å². The van der Waals surface area contributed by atoms with E-state index in [9.17, 15) is 0 Å². The van der Waals surface area contributed by atoms with Gasteiger partial charge in [0.1, 0.15) is 0 Å². The van der Waals surface area contributed by atoms with Crippen molar-refractivity contribution in [2.75, 3.05) is 5.73 Å². The summed E-state index contributed by atoms with van der Waals surface area (Å²) in [7, 11) is 0. The molecule has 0 aliphatic heterocycles. The third kappa shape index (κ3) is 2.30. The first-order valence-electron chi connectivity index (χ1n) is 5.90. The van der Waals surface area contributed by atoms with Crippen molar-refractivity contribution in [3.63, 3.8) is 0 Å². The van der Waals surface area contributed by atoms with Gasteiger partial charge in [-0.3, -0.25) is 0 Å². The van der Waals surface area contributed by atoms with E-state index >= 15 is 0 Å². The molecular weight excluding hydrogens is 212 g/mol. The predicted octanol–water partition coefficient (Wildman–Crippen LogP) is 2.42. The van der Waals surface area contributed by atoms with E-state index in [4.69, 9.17) is 5.73 Å². The Labute approximate surface area is 101 Å². The number of hydrogen-bond donors (Lipinski definition) is 1. The van der Waals surface area contributed by atoms with Crippen LogP contribution in [-0.2, 0) is 6.42 Å². The Kier molecular flexibility index (Phi) is 3.13. The maximum absolute atomic E-state index is 5.85. The van der Waals surface area contributed by atoms with Crippen molar-refractivity contribution in [1.82, 2.24) is 15.0 Å². The summed E-state index contributed by atoms with van der Waals surface area (Å²) < 4.78 is 1.85. The average molecular weight is 230 g/mol. The molecule has 0 fully saturated rings. The Bertz CT molecular complexity index is 508. The van der Waals surface area contributed by atoms with E-state index < -0.39 is 0 Å². The van der Waals surface area contributed by atoms with Gasteiger partial charge in [-0.25, -0.2) is 4.68 Å². The molecule has 0 aliphatic rings. The van der Waals surface area contributed by atoms with Crippen LogP contribution in [0.4, 0.5) is 5.82 Å². The zero-order chi connectivity index (χ0) is 12.4. The maximum Gasteiger partial charge on any atom is 0.169 e. The van der Waals surface area contributed by atoms with Crippen LogP contribution in [0.25, 0.3) is 5.69 Å². The largest absolute Gasteiger partial charge is 0.381 e. The molecule has 0 amide bonds. The highest BCUT2D eigenvalue weighted by Crippen LogP contribution is 2.18. The van der Waals surface area contributed by atoms with E-state index in [-0.39, 0.29) is 0 Å². The zero-order valence-electron chi connectivity index (χ0n) is 10.6. The van der Waals surface area contributed by atoms with Crippen LogP contribution in [0.15, 0.2) is 18.2 Å². The minimum absolute atomic E-state index is 0.533. The van der Waals surface area contributed by atoms with Gasteiger partial charge in [-0.05, 0) is 43.5 Å². The summed E-state index contributed by atoms with van der Waals surface area (Å²) in [6.45, 7) is 6.28. The van der Waals surface area contributed by atoms with Crippen molar-refractivity contribution in [2.24, 2.45) is 0 Å². The smallest absolute Gasteiger partial charge is 0.169 e. The molecule has 0 atom stereocenters. The van der Waals surface area contributed by atoms with Crippen molar-refractivity contribution in [2.45, 2.75) is 33.6 Å². The molecule has 4 nitrogen and oxygen atoms in total. The van der Waals surface area contributed by atoms with Crippen molar-refractivity contribution in [3.05, 3.63) is 35.0 Å². The lowest BCUT2D eigenvalue weighted by atomic mass is 10.1. The molecular formula is C13H18N4. The minimum atomic E-state index is 0.533. The summed E-state index contributed by atoms with van der Waals surface area (Å²) >= 11 is 0. The molecule has 1 heterocycles. The van der Waals surface area contributed by atoms with Gasteiger partial charge in [-0.1, -0.05) is 24.6 Å². The highest BCUT2D eigenvalue weighted by atomic mass is 15.4. The van der Waals surface area contributed by atoms with Crippen LogP contribution in [0.1, 0.15) is 30.2 Å². The quantitative estimate of drug-likeness (QED) is 0.881. The monoisotopic (exact) mass is 230 g/mol. The summed E-state index contributed by atoms with van der Waals surface area (Å²) in [6.07, 6.45) is 1.92. The maximum atomic E-state index is 5.85. The van der Waals surface area contributed by atoms with E-state index in [1.54, 1.807) is 0 Å². The lowest BCUT2D eigenvalue weighted by Crippen LogP contribution is -2.04. The van der Waals surface area contributed by atoms with Gasteiger partial charge in [0, 0.05) is 0 Å². The molecule has 2 rings (SSSR count). The number of nitrogens with zero attached hydrogens (tertiary/aromatic N) is 3. The van der Waals surface area contributed by atoms with Crippen LogP contribution in [0.2, 0.25) is 0 Å². The van der Waals surface area contributed by atoms with Gasteiger partial charge in [0.2, 0.25) is 0 Å². The SMILES string of the molecule is CCCc1c(N)nnn1-c1cc(C)cc(C)c1. The second-order valence-electron chi connectivity index (χ2n) is 4.43. The fourth-order valence-corrected chi connectivity index (χ4v) is 2.06. The van der Waals surface area contributed by atoms with Crippen LogP contribution in [0, 0.1) is 13.8 Å². The molecule has 90 valence electrons. The van der Waals surface area contributed by atoms with E-state index in [1.807, 2.05) is 4.68 Å². The number of nitrogens with two attached hydrogens (primary N) is 1.